The van der Waals surface area contributed by atoms with Crippen LogP contribution in [0.25, 0.3) is 38.8 Å². The molecule has 4 nitrogen and oxygen atoms in total. The summed E-state index contributed by atoms with van der Waals surface area (Å²) in [5.41, 5.74) is 4.48. The predicted molar refractivity (Wildman–Crippen MR) is 107 cm³/mol. The minimum absolute atomic E-state index is 0.295. The Bertz CT molecular complexity index is 1320. The highest BCUT2D eigenvalue weighted by atomic mass is 19.1. The topological polar surface area (TPSA) is 50.4 Å². The van der Waals surface area contributed by atoms with Crippen molar-refractivity contribution in [2.24, 2.45) is 0 Å². The molecule has 5 rings (SSSR count). The van der Waals surface area contributed by atoms with Crippen LogP contribution in [0.1, 0.15) is 5.56 Å². The number of imidazole rings is 1. The van der Waals surface area contributed by atoms with Gasteiger partial charge in [0.05, 0.1) is 12.3 Å². The first-order valence-corrected chi connectivity index (χ1v) is 8.95. The molecule has 0 spiro atoms. The van der Waals surface area contributed by atoms with Crippen molar-refractivity contribution in [2.75, 3.05) is 0 Å². The lowest BCUT2D eigenvalue weighted by Crippen LogP contribution is -1.95. The van der Waals surface area contributed by atoms with Crippen LogP contribution in [-0.2, 0) is 6.61 Å². The molecule has 0 radical (unpaired) electrons. The maximum absolute atomic E-state index is 14.0. The SMILES string of the molecule is OCc1c(F)cccc1-c1ccc2nc(-c3cccc4cnccc34)cn2c1. The zero-order valence-electron chi connectivity index (χ0n) is 14.9. The molecule has 5 aromatic rings. The van der Waals surface area contributed by atoms with Crippen LogP contribution in [0.15, 0.2) is 79.4 Å². The maximum Gasteiger partial charge on any atom is 0.137 e. The molecule has 3 heterocycles. The van der Waals surface area contributed by atoms with E-state index in [9.17, 15) is 9.50 Å². The summed E-state index contributed by atoms with van der Waals surface area (Å²) in [6.45, 7) is -0.348. The molecule has 3 aromatic heterocycles. The van der Waals surface area contributed by atoms with Crippen molar-refractivity contribution in [3.8, 4) is 22.4 Å². The number of fused-ring (bicyclic) bond motifs is 2. The summed E-state index contributed by atoms with van der Waals surface area (Å²) in [6, 6.07) is 16.7. The van der Waals surface area contributed by atoms with E-state index in [2.05, 4.69) is 4.98 Å². The Labute approximate surface area is 160 Å². The van der Waals surface area contributed by atoms with Gasteiger partial charge in [-0.1, -0.05) is 30.3 Å². The molecular formula is C23H16FN3O. The van der Waals surface area contributed by atoms with Gasteiger partial charge >= 0.3 is 0 Å². The zero-order chi connectivity index (χ0) is 19.1. The third kappa shape index (κ3) is 2.64. The Morgan fingerprint density at radius 2 is 1.79 bits per heavy atom. The normalized spacial score (nSPS) is 11.4. The number of nitrogens with zero attached hydrogens (tertiary/aromatic N) is 3. The van der Waals surface area contributed by atoms with Gasteiger partial charge in [0, 0.05) is 41.3 Å². The molecule has 0 bridgehead atoms. The lowest BCUT2D eigenvalue weighted by atomic mass is 10.0. The van der Waals surface area contributed by atoms with Crippen LogP contribution in [0.3, 0.4) is 0 Å². The number of hydrogen-bond acceptors (Lipinski definition) is 3. The fourth-order valence-electron chi connectivity index (χ4n) is 3.62. The Morgan fingerprint density at radius 3 is 2.68 bits per heavy atom. The Hall–Kier alpha value is -3.57. The molecule has 0 aliphatic heterocycles. The minimum atomic E-state index is -0.407. The van der Waals surface area contributed by atoms with E-state index < -0.39 is 5.82 Å². The summed E-state index contributed by atoms with van der Waals surface area (Å²) in [5.74, 6) is -0.407. The molecule has 0 aliphatic rings. The van der Waals surface area contributed by atoms with Crippen molar-refractivity contribution in [2.45, 2.75) is 6.61 Å². The molecule has 0 atom stereocenters. The quantitative estimate of drug-likeness (QED) is 0.495. The first kappa shape index (κ1) is 16.6. The van der Waals surface area contributed by atoms with Gasteiger partial charge in [-0.2, -0.15) is 0 Å². The van der Waals surface area contributed by atoms with Crippen molar-refractivity contribution in [3.63, 3.8) is 0 Å². The van der Waals surface area contributed by atoms with E-state index in [1.165, 1.54) is 6.07 Å². The number of halogens is 1. The second kappa shape index (κ2) is 6.55. The highest BCUT2D eigenvalue weighted by Gasteiger charge is 2.12. The van der Waals surface area contributed by atoms with Gasteiger partial charge in [-0.05, 0) is 40.8 Å². The summed E-state index contributed by atoms with van der Waals surface area (Å²) in [6.07, 6.45) is 7.49. The van der Waals surface area contributed by atoms with Crippen molar-refractivity contribution >= 4 is 16.4 Å². The fourth-order valence-corrected chi connectivity index (χ4v) is 3.62. The molecule has 136 valence electrons. The second-order valence-electron chi connectivity index (χ2n) is 6.64. The van der Waals surface area contributed by atoms with Gasteiger partial charge in [0.25, 0.3) is 0 Å². The van der Waals surface area contributed by atoms with Crippen molar-refractivity contribution in [1.82, 2.24) is 14.4 Å². The number of aliphatic hydroxyl groups is 1. The molecule has 2 aromatic carbocycles. The minimum Gasteiger partial charge on any atom is -0.392 e. The van der Waals surface area contributed by atoms with Gasteiger partial charge in [-0.15, -0.1) is 0 Å². The third-order valence-corrected chi connectivity index (χ3v) is 5.00. The highest BCUT2D eigenvalue weighted by Crippen LogP contribution is 2.30. The first-order chi connectivity index (χ1) is 13.7. The monoisotopic (exact) mass is 369 g/mol. The molecule has 0 aliphatic carbocycles. The highest BCUT2D eigenvalue weighted by molar-refractivity contribution is 5.95. The molecule has 0 saturated heterocycles. The lowest BCUT2D eigenvalue weighted by molar-refractivity contribution is 0.276. The third-order valence-electron chi connectivity index (χ3n) is 5.00. The van der Waals surface area contributed by atoms with E-state index >= 15 is 0 Å². The van der Waals surface area contributed by atoms with E-state index in [1.807, 2.05) is 65.5 Å². The van der Waals surface area contributed by atoms with Crippen LogP contribution in [0.2, 0.25) is 0 Å². The Kier molecular flexibility index (Phi) is 3.88. The largest absolute Gasteiger partial charge is 0.392 e. The van der Waals surface area contributed by atoms with Gasteiger partial charge in [0.15, 0.2) is 0 Å². The average Bonchev–Trinajstić information content (AvgIpc) is 3.16. The van der Waals surface area contributed by atoms with Gasteiger partial charge in [0.2, 0.25) is 0 Å². The van der Waals surface area contributed by atoms with Crippen LogP contribution in [0, 0.1) is 5.82 Å². The van der Waals surface area contributed by atoms with Gasteiger partial charge < -0.3 is 9.51 Å². The number of benzene rings is 2. The summed E-state index contributed by atoms with van der Waals surface area (Å²) >= 11 is 0. The smallest absolute Gasteiger partial charge is 0.137 e. The number of rotatable bonds is 3. The Balaban J connectivity index is 1.66. The van der Waals surface area contributed by atoms with E-state index in [-0.39, 0.29) is 6.61 Å². The molecule has 0 fully saturated rings. The number of pyridine rings is 2. The standard InChI is InChI=1S/C23H16FN3O/c24-21-6-2-4-17(20(21)14-28)16-7-8-23-26-22(13-27(23)12-16)19-5-1-3-15-11-25-10-9-18(15)19/h1-13,28H,14H2. The molecule has 1 N–H and O–H groups in total. The molecule has 0 unspecified atom stereocenters. The van der Waals surface area contributed by atoms with Crippen molar-refractivity contribution in [1.29, 1.82) is 0 Å². The van der Waals surface area contributed by atoms with E-state index in [4.69, 9.17) is 4.98 Å². The summed E-state index contributed by atoms with van der Waals surface area (Å²) < 4.78 is 16.0. The number of aromatic nitrogens is 3. The Morgan fingerprint density at radius 1 is 0.929 bits per heavy atom. The molecule has 5 heteroatoms. The lowest BCUT2D eigenvalue weighted by Gasteiger charge is -2.09. The van der Waals surface area contributed by atoms with Crippen LogP contribution >= 0.6 is 0 Å². The van der Waals surface area contributed by atoms with Gasteiger partial charge in [0.1, 0.15) is 11.5 Å². The van der Waals surface area contributed by atoms with E-state index in [0.717, 1.165) is 33.2 Å². The van der Waals surface area contributed by atoms with Crippen LogP contribution in [0.4, 0.5) is 4.39 Å². The fraction of sp³-hybridized carbons (Fsp3) is 0.0435. The zero-order valence-corrected chi connectivity index (χ0v) is 14.9. The summed E-state index contributed by atoms with van der Waals surface area (Å²) in [7, 11) is 0. The molecule has 28 heavy (non-hydrogen) atoms. The molecule has 0 amide bonds. The van der Waals surface area contributed by atoms with Crippen LogP contribution in [0.5, 0.6) is 0 Å². The van der Waals surface area contributed by atoms with Gasteiger partial charge in [-0.25, -0.2) is 9.37 Å². The first-order valence-electron chi connectivity index (χ1n) is 8.95. The summed E-state index contributed by atoms with van der Waals surface area (Å²) in [5, 5.41) is 11.7. The van der Waals surface area contributed by atoms with Crippen molar-refractivity contribution in [3.05, 3.63) is 90.8 Å². The molecular weight excluding hydrogens is 353 g/mol. The number of aliphatic hydroxyl groups excluding tert-OH is 1. The van der Waals surface area contributed by atoms with Crippen LogP contribution < -0.4 is 0 Å². The van der Waals surface area contributed by atoms with E-state index in [0.29, 0.717) is 11.1 Å². The maximum atomic E-state index is 14.0. The summed E-state index contributed by atoms with van der Waals surface area (Å²) in [4.78, 5) is 8.93. The van der Waals surface area contributed by atoms with Gasteiger partial charge in [-0.3, -0.25) is 4.98 Å². The molecule has 0 saturated carbocycles. The van der Waals surface area contributed by atoms with E-state index in [1.54, 1.807) is 12.3 Å². The van der Waals surface area contributed by atoms with Crippen molar-refractivity contribution < 1.29 is 9.50 Å². The average molecular weight is 369 g/mol. The predicted octanol–water partition coefficient (Wildman–Crippen LogP) is 4.85. The second-order valence-corrected chi connectivity index (χ2v) is 6.64. The van der Waals surface area contributed by atoms with Crippen LogP contribution in [-0.4, -0.2) is 19.5 Å². The number of hydrogen-bond donors (Lipinski definition) is 1.